The van der Waals surface area contributed by atoms with E-state index in [2.05, 4.69) is 5.32 Å². The number of rotatable bonds is 4. The summed E-state index contributed by atoms with van der Waals surface area (Å²) >= 11 is 0. The molecular formula is C19H19FN2O2. The number of carbonyl (C=O) groups is 2. The number of carbonyl (C=O) groups excluding carboxylic acids is 2. The summed E-state index contributed by atoms with van der Waals surface area (Å²) in [6, 6.07) is 13.7. The Morgan fingerprint density at radius 3 is 2.50 bits per heavy atom. The van der Waals surface area contributed by atoms with Gasteiger partial charge in [-0.2, -0.15) is 0 Å². The van der Waals surface area contributed by atoms with Crippen LogP contribution in [0, 0.1) is 18.7 Å². The molecule has 1 saturated heterocycles. The number of aryl methyl sites for hydroxylation is 1. The first kappa shape index (κ1) is 16.2. The minimum Gasteiger partial charge on any atom is -0.352 e. The van der Waals surface area contributed by atoms with Gasteiger partial charge in [0.25, 0.3) is 0 Å². The van der Waals surface area contributed by atoms with E-state index in [4.69, 9.17) is 0 Å². The molecule has 1 fully saturated rings. The lowest BCUT2D eigenvalue weighted by atomic mass is 10.1. The Hall–Kier alpha value is -2.69. The molecule has 5 heteroatoms. The normalized spacial score (nSPS) is 17.2. The van der Waals surface area contributed by atoms with E-state index in [0.717, 1.165) is 16.8 Å². The molecule has 1 aliphatic heterocycles. The highest BCUT2D eigenvalue weighted by atomic mass is 19.1. The largest absolute Gasteiger partial charge is 0.352 e. The van der Waals surface area contributed by atoms with E-state index in [9.17, 15) is 14.0 Å². The molecule has 0 aromatic heterocycles. The molecule has 24 heavy (non-hydrogen) atoms. The summed E-state index contributed by atoms with van der Waals surface area (Å²) in [5.74, 6) is -0.859. The van der Waals surface area contributed by atoms with Crippen LogP contribution in [0.4, 0.5) is 10.1 Å². The Morgan fingerprint density at radius 2 is 1.83 bits per heavy atom. The van der Waals surface area contributed by atoms with E-state index in [0.29, 0.717) is 13.1 Å². The van der Waals surface area contributed by atoms with E-state index in [1.54, 1.807) is 17.0 Å². The van der Waals surface area contributed by atoms with Crippen LogP contribution in [0.25, 0.3) is 0 Å². The molecule has 1 aliphatic rings. The molecule has 0 spiro atoms. The monoisotopic (exact) mass is 326 g/mol. The molecule has 0 bridgehead atoms. The minimum absolute atomic E-state index is 0.0409. The number of nitrogens with zero attached hydrogens (tertiary/aromatic N) is 1. The molecule has 0 aliphatic carbocycles. The zero-order valence-corrected chi connectivity index (χ0v) is 13.5. The topological polar surface area (TPSA) is 49.4 Å². The van der Waals surface area contributed by atoms with Gasteiger partial charge in [-0.3, -0.25) is 9.59 Å². The van der Waals surface area contributed by atoms with Gasteiger partial charge in [-0.25, -0.2) is 4.39 Å². The van der Waals surface area contributed by atoms with Gasteiger partial charge in [-0.15, -0.1) is 0 Å². The first-order chi connectivity index (χ1) is 11.5. The lowest BCUT2D eigenvalue weighted by molar-refractivity contribution is -0.126. The summed E-state index contributed by atoms with van der Waals surface area (Å²) in [6.07, 6.45) is 0.211. The van der Waals surface area contributed by atoms with Crippen molar-refractivity contribution in [3.8, 4) is 0 Å². The van der Waals surface area contributed by atoms with Gasteiger partial charge in [-0.05, 0) is 36.8 Å². The Bertz CT molecular complexity index is 741. The van der Waals surface area contributed by atoms with Crippen molar-refractivity contribution in [2.24, 2.45) is 5.92 Å². The van der Waals surface area contributed by atoms with Gasteiger partial charge < -0.3 is 10.2 Å². The zero-order valence-electron chi connectivity index (χ0n) is 13.5. The van der Waals surface area contributed by atoms with Crippen molar-refractivity contribution >= 4 is 17.5 Å². The van der Waals surface area contributed by atoms with Crippen molar-refractivity contribution in [1.29, 1.82) is 0 Å². The number of halogens is 1. The zero-order chi connectivity index (χ0) is 17.1. The van der Waals surface area contributed by atoms with Crippen molar-refractivity contribution in [3.63, 3.8) is 0 Å². The van der Waals surface area contributed by atoms with E-state index >= 15 is 0 Å². The van der Waals surface area contributed by atoms with E-state index < -0.39 is 0 Å². The van der Waals surface area contributed by atoms with Crippen LogP contribution in [-0.4, -0.2) is 18.4 Å². The van der Waals surface area contributed by atoms with Crippen LogP contribution >= 0.6 is 0 Å². The maximum absolute atomic E-state index is 12.9. The second-order valence-corrected chi connectivity index (χ2v) is 6.09. The maximum atomic E-state index is 12.9. The maximum Gasteiger partial charge on any atom is 0.227 e. The lowest BCUT2D eigenvalue weighted by Crippen LogP contribution is -2.32. The van der Waals surface area contributed by atoms with E-state index in [1.165, 1.54) is 12.1 Å². The number of amides is 2. The summed E-state index contributed by atoms with van der Waals surface area (Å²) in [4.78, 5) is 26.1. The van der Waals surface area contributed by atoms with Gasteiger partial charge in [0.05, 0.1) is 5.92 Å². The first-order valence-corrected chi connectivity index (χ1v) is 7.92. The smallest absolute Gasteiger partial charge is 0.227 e. The quantitative estimate of drug-likeness (QED) is 0.939. The fourth-order valence-electron chi connectivity index (χ4n) is 2.79. The fourth-order valence-corrected chi connectivity index (χ4v) is 2.79. The number of hydrogen-bond acceptors (Lipinski definition) is 2. The highest BCUT2D eigenvalue weighted by molar-refractivity contribution is 6.00. The lowest BCUT2D eigenvalue weighted by Gasteiger charge is -2.17. The summed E-state index contributed by atoms with van der Waals surface area (Å²) < 4.78 is 12.9. The third kappa shape index (κ3) is 3.62. The predicted octanol–water partition coefficient (Wildman–Crippen LogP) is 2.80. The highest BCUT2D eigenvalue weighted by Gasteiger charge is 2.34. The average molecular weight is 326 g/mol. The standard InChI is InChI=1S/C19H19FN2O2/c1-13-2-8-17(9-3-13)22-12-15(10-18(22)23)19(24)21-11-14-4-6-16(20)7-5-14/h2-9,15H,10-12H2,1H3,(H,21,24)/t15-/m0/s1. The SMILES string of the molecule is Cc1ccc(N2C[C@@H](C(=O)NCc3ccc(F)cc3)CC2=O)cc1. The summed E-state index contributed by atoms with van der Waals surface area (Å²) in [7, 11) is 0. The fraction of sp³-hybridized carbons (Fsp3) is 0.263. The Kier molecular flexibility index (Phi) is 4.60. The molecule has 124 valence electrons. The molecule has 0 radical (unpaired) electrons. The van der Waals surface area contributed by atoms with E-state index in [1.807, 2.05) is 31.2 Å². The number of nitrogens with one attached hydrogen (secondary N) is 1. The molecule has 2 amide bonds. The van der Waals surface area contributed by atoms with Crippen LogP contribution in [0.3, 0.4) is 0 Å². The Labute approximate surface area is 140 Å². The van der Waals surface area contributed by atoms with Gasteiger partial charge in [0.2, 0.25) is 11.8 Å². The number of anilines is 1. The highest BCUT2D eigenvalue weighted by Crippen LogP contribution is 2.25. The molecule has 1 N–H and O–H groups in total. The van der Waals surface area contributed by atoms with Crippen molar-refractivity contribution in [1.82, 2.24) is 5.32 Å². The molecule has 1 atom stereocenters. The van der Waals surface area contributed by atoms with Crippen molar-refractivity contribution in [2.45, 2.75) is 19.9 Å². The third-order valence-corrected chi connectivity index (χ3v) is 4.22. The minimum atomic E-state index is -0.362. The molecular weight excluding hydrogens is 307 g/mol. The second-order valence-electron chi connectivity index (χ2n) is 6.09. The van der Waals surface area contributed by atoms with Crippen LogP contribution in [0.1, 0.15) is 17.5 Å². The van der Waals surface area contributed by atoms with Crippen molar-refractivity contribution < 1.29 is 14.0 Å². The van der Waals surface area contributed by atoms with Crippen LogP contribution in [-0.2, 0) is 16.1 Å². The summed E-state index contributed by atoms with van der Waals surface area (Å²) in [5.41, 5.74) is 2.77. The predicted molar refractivity (Wildman–Crippen MR) is 89.9 cm³/mol. The molecule has 0 unspecified atom stereocenters. The van der Waals surface area contributed by atoms with Crippen LogP contribution in [0.15, 0.2) is 48.5 Å². The average Bonchev–Trinajstić information content (AvgIpc) is 2.97. The molecule has 4 nitrogen and oxygen atoms in total. The molecule has 2 aromatic carbocycles. The van der Waals surface area contributed by atoms with Crippen molar-refractivity contribution in [3.05, 3.63) is 65.5 Å². The van der Waals surface area contributed by atoms with Gasteiger partial charge in [-0.1, -0.05) is 29.8 Å². The first-order valence-electron chi connectivity index (χ1n) is 7.92. The third-order valence-electron chi connectivity index (χ3n) is 4.22. The number of benzene rings is 2. The van der Waals surface area contributed by atoms with Crippen LogP contribution in [0.2, 0.25) is 0 Å². The molecule has 3 rings (SSSR count). The second kappa shape index (κ2) is 6.83. The number of hydrogen-bond donors (Lipinski definition) is 1. The molecule has 2 aromatic rings. The van der Waals surface area contributed by atoms with Gasteiger partial charge >= 0.3 is 0 Å². The molecule has 1 heterocycles. The molecule has 0 saturated carbocycles. The Balaban J connectivity index is 1.59. The van der Waals surface area contributed by atoms with Crippen LogP contribution in [0.5, 0.6) is 0 Å². The van der Waals surface area contributed by atoms with Gasteiger partial charge in [0.1, 0.15) is 5.82 Å². The Morgan fingerprint density at radius 1 is 1.17 bits per heavy atom. The van der Waals surface area contributed by atoms with E-state index in [-0.39, 0.29) is 30.0 Å². The van der Waals surface area contributed by atoms with Gasteiger partial charge in [0, 0.05) is 25.2 Å². The summed E-state index contributed by atoms with van der Waals surface area (Å²) in [6.45, 7) is 2.70. The van der Waals surface area contributed by atoms with Crippen LogP contribution < -0.4 is 10.2 Å². The summed E-state index contributed by atoms with van der Waals surface area (Å²) in [5, 5.41) is 2.82. The van der Waals surface area contributed by atoms with Gasteiger partial charge in [0.15, 0.2) is 0 Å². The van der Waals surface area contributed by atoms with Crippen molar-refractivity contribution in [2.75, 3.05) is 11.4 Å².